The van der Waals surface area contributed by atoms with E-state index in [0.29, 0.717) is 13.2 Å². The van der Waals surface area contributed by atoms with E-state index in [9.17, 15) is 4.79 Å². The fourth-order valence-corrected chi connectivity index (χ4v) is 1.96. The van der Waals surface area contributed by atoms with E-state index in [4.69, 9.17) is 15.2 Å². The summed E-state index contributed by atoms with van der Waals surface area (Å²) in [5.41, 5.74) is 6.70. The maximum Gasteiger partial charge on any atom is 0.407 e. The van der Waals surface area contributed by atoms with Gasteiger partial charge in [0.2, 0.25) is 0 Å². The monoisotopic (exact) mass is 264 g/mol. The van der Waals surface area contributed by atoms with E-state index in [1.54, 1.807) is 0 Å². The van der Waals surface area contributed by atoms with Gasteiger partial charge in [-0.05, 0) is 18.4 Å². The standard InChI is InChI=1S/C14H20N2O3/c15-12-6-7-13(18-10-12)8-16-14(17)19-9-11-4-2-1-3-5-11/h1-5,12-13H,6-10,15H2,(H,16,17)/t12-,13-/m1/s1. The van der Waals surface area contributed by atoms with Gasteiger partial charge in [-0.25, -0.2) is 4.79 Å². The zero-order valence-electron chi connectivity index (χ0n) is 10.9. The predicted octanol–water partition coefficient (Wildman–Crippen LogP) is 1.42. The van der Waals surface area contributed by atoms with Crippen LogP contribution in [-0.4, -0.2) is 31.4 Å². The molecule has 1 aliphatic heterocycles. The van der Waals surface area contributed by atoms with Gasteiger partial charge in [-0.1, -0.05) is 30.3 Å². The number of rotatable bonds is 4. The van der Waals surface area contributed by atoms with Crippen molar-refractivity contribution < 1.29 is 14.3 Å². The Hall–Kier alpha value is -1.59. The predicted molar refractivity (Wildman–Crippen MR) is 71.6 cm³/mol. The molecule has 1 amide bonds. The number of carbonyl (C=O) groups is 1. The first-order valence-corrected chi connectivity index (χ1v) is 6.56. The van der Waals surface area contributed by atoms with Gasteiger partial charge in [0.15, 0.2) is 0 Å². The molecule has 104 valence electrons. The molecule has 1 fully saturated rings. The molecule has 1 aliphatic rings. The second-order valence-corrected chi connectivity index (χ2v) is 4.74. The van der Waals surface area contributed by atoms with E-state index in [0.717, 1.165) is 18.4 Å². The average molecular weight is 264 g/mol. The van der Waals surface area contributed by atoms with E-state index in [2.05, 4.69) is 5.32 Å². The number of amides is 1. The van der Waals surface area contributed by atoms with Crippen molar-refractivity contribution in [3.05, 3.63) is 35.9 Å². The number of ether oxygens (including phenoxy) is 2. The largest absolute Gasteiger partial charge is 0.445 e. The van der Waals surface area contributed by atoms with Gasteiger partial charge in [-0.3, -0.25) is 0 Å². The lowest BCUT2D eigenvalue weighted by Gasteiger charge is -2.26. The number of nitrogens with one attached hydrogen (secondary N) is 1. The molecule has 2 atom stereocenters. The molecule has 5 nitrogen and oxygen atoms in total. The van der Waals surface area contributed by atoms with Crippen LogP contribution in [0.3, 0.4) is 0 Å². The SMILES string of the molecule is N[C@@H]1CC[C@H](CNC(=O)OCc2ccccc2)OC1. The summed E-state index contributed by atoms with van der Waals surface area (Å²) in [7, 11) is 0. The average Bonchev–Trinajstić information content (AvgIpc) is 2.45. The number of carbonyl (C=O) groups excluding carboxylic acids is 1. The minimum atomic E-state index is -0.415. The Morgan fingerprint density at radius 1 is 1.37 bits per heavy atom. The summed E-state index contributed by atoms with van der Waals surface area (Å²) in [6, 6.07) is 9.71. The van der Waals surface area contributed by atoms with Gasteiger partial charge in [-0.15, -0.1) is 0 Å². The van der Waals surface area contributed by atoms with E-state index >= 15 is 0 Å². The minimum absolute atomic E-state index is 0.0454. The number of hydrogen-bond donors (Lipinski definition) is 2. The van der Waals surface area contributed by atoms with E-state index in [-0.39, 0.29) is 18.8 Å². The lowest BCUT2D eigenvalue weighted by Crippen LogP contribution is -2.41. The van der Waals surface area contributed by atoms with Crippen LogP contribution in [0.25, 0.3) is 0 Å². The van der Waals surface area contributed by atoms with Crippen molar-refractivity contribution in [1.82, 2.24) is 5.32 Å². The van der Waals surface area contributed by atoms with Gasteiger partial charge in [-0.2, -0.15) is 0 Å². The fraction of sp³-hybridized carbons (Fsp3) is 0.500. The molecule has 0 unspecified atom stereocenters. The Morgan fingerprint density at radius 3 is 2.84 bits per heavy atom. The van der Waals surface area contributed by atoms with Crippen molar-refractivity contribution in [3.8, 4) is 0 Å². The smallest absolute Gasteiger partial charge is 0.407 e. The van der Waals surface area contributed by atoms with Crippen LogP contribution in [0.2, 0.25) is 0 Å². The van der Waals surface area contributed by atoms with Crippen molar-refractivity contribution in [3.63, 3.8) is 0 Å². The quantitative estimate of drug-likeness (QED) is 0.862. The zero-order chi connectivity index (χ0) is 13.5. The molecule has 1 saturated heterocycles. The number of alkyl carbamates (subject to hydrolysis) is 1. The van der Waals surface area contributed by atoms with Crippen molar-refractivity contribution in [2.45, 2.75) is 31.6 Å². The molecule has 1 aromatic rings. The molecular weight excluding hydrogens is 244 g/mol. The van der Waals surface area contributed by atoms with Gasteiger partial charge in [0.25, 0.3) is 0 Å². The highest BCUT2D eigenvalue weighted by Gasteiger charge is 2.19. The molecule has 0 radical (unpaired) electrons. The van der Waals surface area contributed by atoms with Crippen LogP contribution in [0.1, 0.15) is 18.4 Å². The highest BCUT2D eigenvalue weighted by atomic mass is 16.5. The maximum atomic E-state index is 11.5. The van der Waals surface area contributed by atoms with Gasteiger partial charge < -0.3 is 20.5 Å². The fourth-order valence-electron chi connectivity index (χ4n) is 1.96. The van der Waals surface area contributed by atoms with E-state index in [1.165, 1.54) is 0 Å². The third-order valence-electron chi connectivity index (χ3n) is 3.09. The summed E-state index contributed by atoms with van der Waals surface area (Å²) in [4.78, 5) is 11.5. The Labute approximate surface area is 113 Å². The first kappa shape index (κ1) is 13.8. The molecule has 19 heavy (non-hydrogen) atoms. The topological polar surface area (TPSA) is 73.6 Å². The first-order valence-electron chi connectivity index (χ1n) is 6.56. The van der Waals surface area contributed by atoms with Gasteiger partial charge >= 0.3 is 6.09 Å². The second kappa shape index (κ2) is 7.11. The van der Waals surface area contributed by atoms with Crippen molar-refractivity contribution in [2.75, 3.05) is 13.2 Å². The van der Waals surface area contributed by atoms with Crippen LogP contribution in [-0.2, 0) is 16.1 Å². The minimum Gasteiger partial charge on any atom is -0.445 e. The number of benzene rings is 1. The van der Waals surface area contributed by atoms with Crippen LogP contribution in [0, 0.1) is 0 Å². The summed E-state index contributed by atoms with van der Waals surface area (Å²) >= 11 is 0. The number of hydrogen-bond acceptors (Lipinski definition) is 4. The van der Waals surface area contributed by atoms with Crippen LogP contribution >= 0.6 is 0 Å². The summed E-state index contributed by atoms with van der Waals surface area (Å²) < 4.78 is 10.6. The van der Waals surface area contributed by atoms with Crippen molar-refractivity contribution in [1.29, 1.82) is 0 Å². The van der Waals surface area contributed by atoms with Crippen molar-refractivity contribution >= 4 is 6.09 Å². The van der Waals surface area contributed by atoms with Crippen LogP contribution in [0.4, 0.5) is 4.79 Å². The number of nitrogens with two attached hydrogens (primary N) is 1. The molecular formula is C14H20N2O3. The first-order chi connectivity index (χ1) is 9.24. The molecule has 2 rings (SSSR count). The highest BCUT2D eigenvalue weighted by Crippen LogP contribution is 2.11. The van der Waals surface area contributed by atoms with E-state index in [1.807, 2.05) is 30.3 Å². The molecule has 5 heteroatoms. The molecule has 0 aliphatic carbocycles. The maximum absolute atomic E-state index is 11.5. The Kier molecular flexibility index (Phi) is 5.18. The zero-order valence-corrected chi connectivity index (χ0v) is 10.9. The molecule has 1 aromatic carbocycles. The summed E-state index contributed by atoms with van der Waals surface area (Å²) in [6.07, 6.45) is 1.44. The Morgan fingerprint density at radius 2 is 2.16 bits per heavy atom. The summed E-state index contributed by atoms with van der Waals surface area (Å²) in [5.74, 6) is 0. The normalized spacial score (nSPS) is 22.8. The van der Waals surface area contributed by atoms with E-state index < -0.39 is 6.09 Å². The van der Waals surface area contributed by atoms with Crippen LogP contribution in [0.5, 0.6) is 0 Å². The highest BCUT2D eigenvalue weighted by molar-refractivity contribution is 5.67. The lowest BCUT2D eigenvalue weighted by atomic mass is 10.1. The molecule has 0 saturated carbocycles. The van der Waals surface area contributed by atoms with Crippen LogP contribution in [0.15, 0.2) is 30.3 Å². The third-order valence-corrected chi connectivity index (χ3v) is 3.09. The summed E-state index contributed by atoms with van der Waals surface area (Å²) in [6.45, 7) is 1.31. The summed E-state index contributed by atoms with van der Waals surface area (Å²) in [5, 5.41) is 2.71. The second-order valence-electron chi connectivity index (χ2n) is 4.74. The van der Waals surface area contributed by atoms with Gasteiger partial charge in [0.05, 0.1) is 12.7 Å². The Balaban J connectivity index is 1.62. The van der Waals surface area contributed by atoms with Gasteiger partial charge in [0, 0.05) is 12.6 Å². The lowest BCUT2D eigenvalue weighted by molar-refractivity contribution is 0.00592. The molecule has 0 bridgehead atoms. The van der Waals surface area contributed by atoms with Gasteiger partial charge in [0.1, 0.15) is 6.61 Å². The Bertz CT molecular complexity index is 389. The molecule has 0 spiro atoms. The van der Waals surface area contributed by atoms with Crippen LogP contribution < -0.4 is 11.1 Å². The molecule has 3 N–H and O–H groups in total. The third kappa shape index (κ3) is 4.89. The molecule has 0 aromatic heterocycles. The van der Waals surface area contributed by atoms with Crippen molar-refractivity contribution in [2.24, 2.45) is 5.73 Å². The molecule has 1 heterocycles.